The fourth-order valence-corrected chi connectivity index (χ4v) is 3.49. The Morgan fingerprint density at radius 2 is 2.26 bits per heavy atom. The average Bonchev–Trinajstić information content (AvgIpc) is 3.12. The van der Waals surface area contributed by atoms with Gasteiger partial charge in [-0.15, -0.1) is 10.2 Å². The molecular weight excluding hydrogens is 292 g/mol. The van der Waals surface area contributed by atoms with E-state index in [2.05, 4.69) is 46.2 Å². The number of aromatic nitrogens is 3. The predicted octanol–water partition coefficient (Wildman–Crippen LogP) is 1.09. The molecule has 1 aromatic rings. The molecule has 0 radical (unpaired) electrons. The second-order valence-corrected chi connectivity index (χ2v) is 6.96. The van der Waals surface area contributed by atoms with Crippen LogP contribution in [0.5, 0.6) is 0 Å². The molecule has 128 valence electrons. The summed E-state index contributed by atoms with van der Waals surface area (Å²) in [6, 6.07) is 0.370. The van der Waals surface area contributed by atoms with E-state index in [4.69, 9.17) is 9.73 Å². The third kappa shape index (κ3) is 3.06. The van der Waals surface area contributed by atoms with E-state index in [0.717, 1.165) is 50.0 Å². The molecule has 7 nitrogen and oxygen atoms in total. The molecule has 2 heterocycles. The van der Waals surface area contributed by atoms with E-state index in [1.807, 2.05) is 0 Å². The highest BCUT2D eigenvalue weighted by molar-refractivity contribution is 5.80. The van der Waals surface area contributed by atoms with E-state index in [1.54, 1.807) is 7.11 Å². The molecule has 2 unspecified atom stereocenters. The molecule has 0 saturated heterocycles. The van der Waals surface area contributed by atoms with E-state index in [0.29, 0.717) is 18.7 Å². The minimum atomic E-state index is 0.112. The Balaban J connectivity index is 1.64. The lowest BCUT2D eigenvalue weighted by Crippen LogP contribution is -2.63. The lowest BCUT2D eigenvalue weighted by atomic mass is 9.64. The third-order valence-corrected chi connectivity index (χ3v) is 5.18. The van der Waals surface area contributed by atoms with Crippen molar-refractivity contribution in [3.05, 3.63) is 11.6 Å². The van der Waals surface area contributed by atoms with E-state index >= 15 is 0 Å². The molecule has 7 heteroatoms. The van der Waals surface area contributed by atoms with Gasteiger partial charge < -0.3 is 19.9 Å². The molecule has 0 bridgehead atoms. The van der Waals surface area contributed by atoms with Crippen molar-refractivity contribution >= 4 is 5.96 Å². The zero-order chi connectivity index (χ0) is 16.4. The van der Waals surface area contributed by atoms with Gasteiger partial charge in [0.2, 0.25) is 0 Å². The second kappa shape index (κ2) is 6.47. The molecule has 0 spiro atoms. The third-order valence-electron chi connectivity index (χ3n) is 5.18. The number of rotatable bonds is 5. The average molecular weight is 320 g/mol. The number of fused-ring (bicyclic) bond motifs is 1. The molecule has 1 fully saturated rings. The van der Waals surface area contributed by atoms with Crippen LogP contribution in [0.15, 0.2) is 4.99 Å². The molecule has 23 heavy (non-hydrogen) atoms. The molecule has 2 aliphatic rings. The van der Waals surface area contributed by atoms with Crippen LogP contribution in [0.1, 0.15) is 45.3 Å². The van der Waals surface area contributed by atoms with Crippen LogP contribution in [-0.2, 0) is 24.2 Å². The minimum Gasteiger partial charge on any atom is -0.381 e. The highest BCUT2D eigenvalue weighted by Gasteiger charge is 2.48. The number of hydrogen-bond acceptors (Lipinski definition) is 4. The Morgan fingerprint density at radius 3 is 2.96 bits per heavy atom. The van der Waals surface area contributed by atoms with E-state index < -0.39 is 0 Å². The summed E-state index contributed by atoms with van der Waals surface area (Å²) in [6.07, 6.45) is 3.51. The second-order valence-electron chi connectivity index (χ2n) is 6.96. The van der Waals surface area contributed by atoms with Crippen molar-refractivity contribution in [1.29, 1.82) is 0 Å². The quantitative estimate of drug-likeness (QED) is 0.627. The number of hydrogen-bond donors (Lipinski definition) is 2. The molecule has 1 aromatic heterocycles. The van der Waals surface area contributed by atoms with E-state index in [-0.39, 0.29) is 5.41 Å². The monoisotopic (exact) mass is 320 g/mol. The number of nitrogens with zero attached hydrogens (tertiary/aromatic N) is 4. The Hall–Kier alpha value is -1.63. The van der Waals surface area contributed by atoms with Crippen molar-refractivity contribution in [3.8, 4) is 0 Å². The maximum atomic E-state index is 5.52. The number of methoxy groups -OCH3 is 1. The van der Waals surface area contributed by atoms with Crippen molar-refractivity contribution in [2.75, 3.05) is 13.7 Å². The van der Waals surface area contributed by atoms with E-state index in [1.165, 1.54) is 0 Å². The van der Waals surface area contributed by atoms with Crippen LogP contribution < -0.4 is 10.6 Å². The first-order chi connectivity index (χ1) is 11.1. The molecular formula is C16H28N6O. The largest absolute Gasteiger partial charge is 0.381 e. The molecule has 0 amide bonds. The summed E-state index contributed by atoms with van der Waals surface area (Å²) in [6.45, 7) is 8.96. The number of ether oxygens (including phenoxy) is 1. The summed E-state index contributed by atoms with van der Waals surface area (Å²) in [5.74, 6) is 2.89. The van der Waals surface area contributed by atoms with Gasteiger partial charge in [0.25, 0.3) is 0 Å². The zero-order valence-electron chi connectivity index (χ0n) is 14.6. The van der Waals surface area contributed by atoms with Gasteiger partial charge in [-0.3, -0.25) is 0 Å². The maximum absolute atomic E-state index is 5.52. The van der Waals surface area contributed by atoms with Crippen LogP contribution in [-0.4, -0.2) is 46.5 Å². The summed E-state index contributed by atoms with van der Waals surface area (Å²) in [7, 11) is 1.79. The van der Waals surface area contributed by atoms with Gasteiger partial charge >= 0.3 is 0 Å². The van der Waals surface area contributed by atoms with Crippen LogP contribution in [0.2, 0.25) is 0 Å². The van der Waals surface area contributed by atoms with Crippen molar-refractivity contribution in [3.63, 3.8) is 0 Å². The molecule has 1 aliphatic heterocycles. The molecule has 2 atom stereocenters. The van der Waals surface area contributed by atoms with Gasteiger partial charge in [-0.05, 0) is 19.8 Å². The minimum absolute atomic E-state index is 0.112. The maximum Gasteiger partial charge on any atom is 0.191 e. The first kappa shape index (κ1) is 16.2. The Kier molecular flexibility index (Phi) is 4.57. The molecule has 1 aliphatic carbocycles. The highest BCUT2D eigenvalue weighted by Crippen LogP contribution is 2.42. The standard InChI is InChI=1S/C16H28N6O/c1-5-17-15(19-11-9-12(23-4)16(11,2)3)18-10-14-21-20-13-7-6-8-22(13)14/h11-12H,5-10H2,1-4H3,(H2,17,18,19). The number of aryl methyl sites for hydroxylation is 1. The fraction of sp³-hybridized carbons (Fsp3) is 0.812. The number of nitrogens with one attached hydrogen (secondary N) is 2. The summed E-state index contributed by atoms with van der Waals surface area (Å²) in [4.78, 5) is 4.70. The summed E-state index contributed by atoms with van der Waals surface area (Å²) in [5.41, 5.74) is 0.112. The van der Waals surface area contributed by atoms with Gasteiger partial charge in [-0.2, -0.15) is 0 Å². The van der Waals surface area contributed by atoms with Crippen molar-refractivity contribution < 1.29 is 4.74 Å². The smallest absolute Gasteiger partial charge is 0.191 e. The normalized spacial score (nSPS) is 25.8. The van der Waals surface area contributed by atoms with Gasteiger partial charge in [0.05, 0.1) is 6.10 Å². The summed E-state index contributed by atoms with van der Waals surface area (Å²) in [5, 5.41) is 15.4. The van der Waals surface area contributed by atoms with Crippen molar-refractivity contribution in [2.45, 2.75) is 65.3 Å². The van der Waals surface area contributed by atoms with Crippen LogP contribution >= 0.6 is 0 Å². The van der Waals surface area contributed by atoms with Gasteiger partial charge in [-0.25, -0.2) is 4.99 Å². The Labute approximate surface area is 137 Å². The van der Waals surface area contributed by atoms with Crippen molar-refractivity contribution in [2.24, 2.45) is 10.4 Å². The van der Waals surface area contributed by atoms with Crippen LogP contribution in [0, 0.1) is 5.41 Å². The number of aliphatic imine (C=N–C) groups is 1. The predicted molar refractivity (Wildman–Crippen MR) is 89.3 cm³/mol. The molecule has 1 saturated carbocycles. The van der Waals surface area contributed by atoms with Crippen LogP contribution in [0.4, 0.5) is 0 Å². The first-order valence-electron chi connectivity index (χ1n) is 8.54. The van der Waals surface area contributed by atoms with Gasteiger partial charge in [0, 0.05) is 38.1 Å². The lowest BCUT2D eigenvalue weighted by molar-refractivity contribution is -0.0922. The number of guanidine groups is 1. The van der Waals surface area contributed by atoms with Gasteiger partial charge in [0.15, 0.2) is 11.8 Å². The zero-order valence-corrected chi connectivity index (χ0v) is 14.6. The fourth-order valence-electron chi connectivity index (χ4n) is 3.49. The Bertz CT molecular complexity index is 579. The van der Waals surface area contributed by atoms with Crippen LogP contribution in [0.25, 0.3) is 0 Å². The molecule has 3 rings (SSSR count). The van der Waals surface area contributed by atoms with Gasteiger partial charge in [0.1, 0.15) is 12.4 Å². The highest BCUT2D eigenvalue weighted by atomic mass is 16.5. The topological polar surface area (TPSA) is 76.4 Å². The first-order valence-corrected chi connectivity index (χ1v) is 8.54. The molecule has 2 N–H and O–H groups in total. The molecule has 0 aromatic carbocycles. The summed E-state index contributed by atoms with van der Waals surface area (Å²) >= 11 is 0. The van der Waals surface area contributed by atoms with E-state index in [9.17, 15) is 0 Å². The summed E-state index contributed by atoms with van der Waals surface area (Å²) < 4.78 is 7.72. The SMILES string of the molecule is CCNC(=NCc1nnc2n1CCC2)NC1CC(OC)C1(C)C. The van der Waals surface area contributed by atoms with Crippen molar-refractivity contribution in [1.82, 2.24) is 25.4 Å². The lowest BCUT2D eigenvalue weighted by Gasteiger charge is -2.51. The van der Waals surface area contributed by atoms with Gasteiger partial charge in [-0.1, -0.05) is 13.8 Å². The Morgan fingerprint density at radius 1 is 1.43 bits per heavy atom. The van der Waals surface area contributed by atoms with Crippen LogP contribution in [0.3, 0.4) is 0 Å².